The Morgan fingerprint density at radius 3 is 2.55 bits per heavy atom. The van der Waals surface area contributed by atoms with Crippen LogP contribution in [0.2, 0.25) is 0 Å². The van der Waals surface area contributed by atoms with Crippen molar-refractivity contribution in [2.75, 3.05) is 26.2 Å². The van der Waals surface area contributed by atoms with Gasteiger partial charge in [0.1, 0.15) is 0 Å². The molecule has 2 aliphatic carbocycles. The fourth-order valence-electron chi connectivity index (χ4n) is 4.79. The molecule has 0 radical (unpaired) electrons. The number of para-hydroxylation sites is 1. The third kappa shape index (κ3) is 3.87. The average molecular weight is 422 g/mol. The zero-order chi connectivity index (χ0) is 21.5. The highest BCUT2D eigenvalue weighted by molar-refractivity contribution is 5.94. The first-order valence-electron chi connectivity index (χ1n) is 11.5. The highest BCUT2D eigenvalue weighted by atomic mass is 16.2. The smallest absolute Gasteiger partial charge is 0.274 e. The fraction of sp³-hybridized carbons (Fsp3) is 0.542. The molecule has 3 aliphatic rings. The van der Waals surface area contributed by atoms with Gasteiger partial charge in [-0.1, -0.05) is 18.2 Å². The summed E-state index contributed by atoms with van der Waals surface area (Å²) in [6, 6.07) is 8.43. The van der Waals surface area contributed by atoms with Gasteiger partial charge in [0.2, 0.25) is 5.91 Å². The molecule has 1 aromatic heterocycles. The Morgan fingerprint density at radius 1 is 1.10 bits per heavy atom. The van der Waals surface area contributed by atoms with Gasteiger partial charge in [-0.15, -0.1) is 0 Å². The Hall–Kier alpha value is -2.67. The molecular formula is C24H31N5O2. The zero-order valence-corrected chi connectivity index (χ0v) is 18.4. The number of amides is 2. The largest absolute Gasteiger partial charge is 0.352 e. The molecule has 1 N–H and O–H groups in total. The minimum Gasteiger partial charge on any atom is -0.352 e. The molecule has 7 heteroatoms. The summed E-state index contributed by atoms with van der Waals surface area (Å²) in [6.45, 7) is 6.74. The van der Waals surface area contributed by atoms with Crippen molar-refractivity contribution in [2.45, 2.75) is 58.0 Å². The number of rotatable bonds is 5. The highest BCUT2D eigenvalue weighted by Gasteiger charge is 2.34. The molecule has 164 valence electrons. The van der Waals surface area contributed by atoms with Crippen molar-refractivity contribution in [3.8, 4) is 5.69 Å². The first kappa shape index (κ1) is 20.2. The second-order valence-corrected chi connectivity index (χ2v) is 9.11. The van der Waals surface area contributed by atoms with Crippen molar-refractivity contribution in [2.24, 2.45) is 0 Å². The molecule has 31 heavy (non-hydrogen) atoms. The predicted molar refractivity (Wildman–Crippen MR) is 118 cm³/mol. The van der Waals surface area contributed by atoms with Crippen LogP contribution in [0, 0.1) is 6.92 Å². The molecule has 1 saturated carbocycles. The molecule has 2 heterocycles. The third-order valence-electron chi connectivity index (χ3n) is 6.93. The standard InChI is InChI=1S/C24H31N5O2/c1-16-6-3-4-8-20(16)29-21-9-5-7-19(21)22(26-29)24(31)28-14-12-27(13-15-28)17(2)23(30)25-18-10-11-18/h3-4,6,8,17-18H,5,7,9-15H2,1-2H3,(H,25,30). The van der Waals surface area contributed by atoms with E-state index in [1.807, 2.05) is 28.6 Å². The van der Waals surface area contributed by atoms with E-state index in [9.17, 15) is 9.59 Å². The van der Waals surface area contributed by atoms with Crippen molar-refractivity contribution in [1.82, 2.24) is 24.9 Å². The quantitative estimate of drug-likeness (QED) is 0.803. The third-order valence-corrected chi connectivity index (χ3v) is 6.93. The minimum atomic E-state index is -0.151. The van der Waals surface area contributed by atoms with Gasteiger partial charge in [0.25, 0.3) is 5.91 Å². The Balaban J connectivity index is 1.30. The first-order chi connectivity index (χ1) is 15.0. The summed E-state index contributed by atoms with van der Waals surface area (Å²) >= 11 is 0. The first-order valence-corrected chi connectivity index (χ1v) is 11.5. The Bertz CT molecular complexity index is 1000. The van der Waals surface area contributed by atoms with E-state index in [-0.39, 0.29) is 17.9 Å². The highest BCUT2D eigenvalue weighted by Crippen LogP contribution is 2.30. The molecule has 1 atom stereocenters. The summed E-state index contributed by atoms with van der Waals surface area (Å²) in [6.07, 6.45) is 5.15. The van der Waals surface area contributed by atoms with Crippen LogP contribution < -0.4 is 5.32 Å². The van der Waals surface area contributed by atoms with Crippen molar-refractivity contribution >= 4 is 11.8 Å². The monoisotopic (exact) mass is 421 g/mol. The summed E-state index contributed by atoms with van der Waals surface area (Å²) in [5, 5.41) is 7.90. The molecule has 7 nitrogen and oxygen atoms in total. The van der Waals surface area contributed by atoms with Gasteiger partial charge in [-0.2, -0.15) is 5.10 Å². The van der Waals surface area contributed by atoms with Crippen LogP contribution in [-0.2, 0) is 17.6 Å². The van der Waals surface area contributed by atoms with Gasteiger partial charge in [0.15, 0.2) is 5.69 Å². The van der Waals surface area contributed by atoms with Gasteiger partial charge < -0.3 is 10.2 Å². The molecule has 5 rings (SSSR count). The van der Waals surface area contributed by atoms with E-state index < -0.39 is 0 Å². The lowest BCUT2D eigenvalue weighted by molar-refractivity contribution is -0.126. The summed E-state index contributed by atoms with van der Waals surface area (Å²) in [5.74, 6) is 0.136. The normalized spacial score (nSPS) is 19.9. The Morgan fingerprint density at radius 2 is 1.84 bits per heavy atom. The molecule has 1 aliphatic heterocycles. The van der Waals surface area contributed by atoms with Crippen molar-refractivity contribution in [1.29, 1.82) is 0 Å². The molecule has 2 amide bonds. The molecule has 2 aromatic rings. The molecule has 2 fully saturated rings. The number of carbonyl (C=O) groups excluding carboxylic acids is 2. The maximum Gasteiger partial charge on any atom is 0.274 e. The maximum atomic E-state index is 13.4. The van der Waals surface area contributed by atoms with E-state index in [1.54, 1.807) is 0 Å². The number of hydrogen-bond acceptors (Lipinski definition) is 4. The number of piperazine rings is 1. The Labute approximate surface area is 183 Å². The van der Waals surface area contributed by atoms with Crippen LogP contribution in [0.5, 0.6) is 0 Å². The van der Waals surface area contributed by atoms with Gasteiger partial charge >= 0.3 is 0 Å². The average Bonchev–Trinajstić information content (AvgIpc) is 3.34. The lowest BCUT2D eigenvalue weighted by Gasteiger charge is -2.37. The number of hydrogen-bond donors (Lipinski definition) is 1. The maximum absolute atomic E-state index is 13.4. The SMILES string of the molecule is Cc1ccccc1-n1nc(C(=O)N2CCN(C(C)C(=O)NC3CC3)CC2)c2c1CCC2. The van der Waals surface area contributed by atoms with E-state index in [2.05, 4.69) is 29.3 Å². The Kier molecular flexibility index (Phi) is 5.30. The van der Waals surface area contributed by atoms with E-state index >= 15 is 0 Å². The second-order valence-electron chi connectivity index (χ2n) is 9.11. The van der Waals surface area contributed by atoms with Crippen LogP contribution in [0.25, 0.3) is 5.69 Å². The number of aryl methyl sites for hydroxylation is 1. The van der Waals surface area contributed by atoms with Crippen LogP contribution in [-0.4, -0.2) is 69.7 Å². The summed E-state index contributed by atoms with van der Waals surface area (Å²) < 4.78 is 1.99. The molecule has 1 aromatic carbocycles. The number of benzene rings is 1. The van der Waals surface area contributed by atoms with Crippen molar-refractivity contribution in [3.05, 3.63) is 46.8 Å². The van der Waals surface area contributed by atoms with Gasteiger partial charge in [-0.05, 0) is 57.6 Å². The van der Waals surface area contributed by atoms with E-state index in [4.69, 9.17) is 5.10 Å². The van der Waals surface area contributed by atoms with Gasteiger partial charge in [-0.25, -0.2) is 4.68 Å². The van der Waals surface area contributed by atoms with Crippen LogP contribution in [0.1, 0.15) is 53.5 Å². The number of nitrogens with one attached hydrogen (secondary N) is 1. The molecule has 1 saturated heterocycles. The molecule has 0 bridgehead atoms. The van der Waals surface area contributed by atoms with Crippen molar-refractivity contribution in [3.63, 3.8) is 0 Å². The van der Waals surface area contributed by atoms with E-state index in [0.29, 0.717) is 37.9 Å². The topological polar surface area (TPSA) is 70.5 Å². The second kappa shape index (κ2) is 8.11. The molecular weight excluding hydrogens is 390 g/mol. The zero-order valence-electron chi connectivity index (χ0n) is 18.4. The number of aromatic nitrogens is 2. The molecule has 0 spiro atoms. The number of fused-ring (bicyclic) bond motifs is 1. The predicted octanol–water partition coefficient (Wildman–Crippen LogP) is 2.09. The summed E-state index contributed by atoms with van der Waals surface area (Å²) in [7, 11) is 0. The van der Waals surface area contributed by atoms with E-state index in [1.165, 1.54) is 5.69 Å². The van der Waals surface area contributed by atoms with Gasteiger partial charge in [-0.3, -0.25) is 14.5 Å². The van der Waals surface area contributed by atoms with E-state index in [0.717, 1.165) is 48.9 Å². The summed E-state index contributed by atoms with van der Waals surface area (Å²) in [4.78, 5) is 29.9. The fourth-order valence-corrected chi connectivity index (χ4v) is 4.79. The number of nitrogens with zero attached hydrogens (tertiary/aromatic N) is 4. The van der Waals surface area contributed by atoms with Crippen molar-refractivity contribution < 1.29 is 9.59 Å². The lowest BCUT2D eigenvalue weighted by atomic mass is 10.1. The minimum absolute atomic E-state index is 0.0280. The number of carbonyl (C=O) groups is 2. The molecule has 1 unspecified atom stereocenters. The van der Waals surface area contributed by atoms with Gasteiger partial charge in [0.05, 0.1) is 11.7 Å². The van der Waals surface area contributed by atoms with Crippen LogP contribution in [0.4, 0.5) is 0 Å². The van der Waals surface area contributed by atoms with Gasteiger partial charge in [0, 0.05) is 43.5 Å². The summed E-state index contributed by atoms with van der Waals surface area (Å²) in [5.41, 5.74) is 5.13. The lowest BCUT2D eigenvalue weighted by Crippen LogP contribution is -2.55. The van der Waals surface area contributed by atoms with Crippen LogP contribution >= 0.6 is 0 Å². The van der Waals surface area contributed by atoms with Crippen LogP contribution in [0.15, 0.2) is 24.3 Å². The van der Waals surface area contributed by atoms with Crippen LogP contribution in [0.3, 0.4) is 0 Å².